The highest BCUT2D eigenvalue weighted by atomic mass is 35.5. The van der Waals surface area contributed by atoms with Crippen molar-refractivity contribution in [2.24, 2.45) is 0 Å². The number of halogens is 1. The highest BCUT2D eigenvalue weighted by molar-refractivity contribution is 6.33. The first-order valence-corrected chi connectivity index (χ1v) is 6.62. The first-order chi connectivity index (χ1) is 8.27. The maximum atomic E-state index is 6.53. The second-order valence-electron chi connectivity index (χ2n) is 6.03. The molecule has 1 aromatic carbocycles. The smallest absolute Gasteiger partial charge is 0.119 e. The van der Waals surface area contributed by atoms with Gasteiger partial charge in [0.2, 0.25) is 0 Å². The average Bonchev–Trinajstić information content (AvgIpc) is 2.28. The fourth-order valence-electron chi connectivity index (χ4n) is 2.39. The topological polar surface area (TPSA) is 0 Å². The van der Waals surface area contributed by atoms with Crippen LogP contribution in [0.1, 0.15) is 19.4 Å². The van der Waals surface area contributed by atoms with E-state index in [1.807, 2.05) is 18.2 Å². The summed E-state index contributed by atoms with van der Waals surface area (Å²) in [5.74, 6) is 0. The summed E-state index contributed by atoms with van der Waals surface area (Å²) in [6, 6.07) is 10.3. The van der Waals surface area contributed by atoms with E-state index in [-0.39, 0.29) is 5.54 Å². The zero-order valence-corrected chi connectivity index (χ0v) is 12.4. The first kappa shape index (κ1) is 13.4. The van der Waals surface area contributed by atoms with Crippen molar-refractivity contribution in [1.29, 1.82) is 0 Å². The van der Waals surface area contributed by atoms with Crippen molar-refractivity contribution in [1.82, 2.24) is 0 Å². The van der Waals surface area contributed by atoms with E-state index in [2.05, 4.69) is 46.7 Å². The predicted octanol–water partition coefficient (Wildman–Crippen LogP) is 4.06. The van der Waals surface area contributed by atoms with Crippen LogP contribution in [0.5, 0.6) is 0 Å². The maximum absolute atomic E-state index is 6.53. The highest BCUT2D eigenvalue weighted by Gasteiger charge is 2.45. The third-order valence-electron chi connectivity index (χ3n) is 4.42. The van der Waals surface area contributed by atoms with Gasteiger partial charge in [0.05, 0.1) is 19.1 Å². The van der Waals surface area contributed by atoms with Gasteiger partial charge in [0.1, 0.15) is 12.1 Å². The minimum atomic E-state index is -0.0104. The van der Waals surface area contributed by atoms with Crippen molar-refractivity contribution in [2.75, 3.05) is 20.6 Å². The van der Waals surface area contributed by atoms with Gasteiger partial charge in [0.15, 0.2) is 0 Å². The lowest BCUT2D eigenvalue weighted by Crippen LogP contribution is -2.59. The summed E-state index contributed by atoms with van der Waals surface area (Å²) < 4.78 is 0.834. The molecule has 0 radical (unpaired) electrons. The van der Waals surface area contributed by atoms with Crippen LogP contribution < -0.4 is 0 Å². The number of likely N-dealkylation sites (N-methyl/N-ethyl adjacent to an activating group) is 1. The van der Waals surface area contributed by atoms with E-state index in [1.54, 1.807) is 0 Å². The third-order valence-corrected chi connectivity index (χ3v) is 4.73. The Hall–Kier alpha value is -1.05. The van der Waals surface area contributed by atoms with E-state index < -0.39 is 0 Å². The number of hydrogen-bond acceptors (Lipinski definition) is 0. The molecule has 0 spiro atoms. The van der Waals surface area contributed by atoms with Gasteiger partial charge >= 0.3 is 0 Å². The molecule has 0 N–H and O–H groups in total. The van der Waals surface area contributed by atoms with Gasteiger partial charge < -0.3 is 4.48 Å². The molecule has 18 heavy (non-hydrogen) atoms. The Morgan fingerprint density at radius 1 is 1.17 bits per heavy atom. The van der Waals surface area contributed by atoms with E-state index in [0.29, 0.717) is 0 Å². The predicted molar refractivity (Wildman–Crippen MR) is 79.4 cm³/mol. The average molecular weight is 263 g/mol. The van der Waals surface area contributed by atoms with Crippen molar-refractivity contribution in [3.8, 4) is 0 Å². The van der Waals surface area contributed by atoms with Gasteiger partial charge in [-0.1, -0.05) is 48.5 Å². The third kappa shape index (κ3) is 1.92. The Kier molecular flexibility index (Phi) is 3.16. The van der Waals surface area contributed by atoms with Crippen molar-refractivity contribution in [3.05, 3.63) is 53.1 Å². The van der Waals surface area contributed by atoms with Crippen molar-refractivity contribution in [3.63, 3.8) is 0 Å². The van der Waals surface area contributed by atoms with Gasteiger partial charge in [-0.25, -0.2) is 0 Å². The van der Waals surface area contributed by atoms with Crippen LogP contribution in [0.15, 0.2) is 47.5 Å². The summed E-state index contributed by atoms with van der Waals surface area (Å²) in [4.78, 5) is 0. The molecule has 2 rings (SSSR count). The molecule has 2 heteroatoms. The zero-order valence-electron chi connectivity index (χ0n) is 11.6. The quantitative estimate of drug-likeness (QED) is 0.670. The molecule has 0 amide bonds. The Morgan fingerprint density at radius 3 is 2.28 bits per heavy atom. The summed E-state index contributed by atoms with van der Waals surface area (Å²) in [6.45, 7) is 9.63. The van der Waals surface area contributed by atoms with Crippen LogP contribution in [0.25, 0.3) is 5.57 Å². The minimum absolute atomic E-state index is 0.0104. The van der Waals surface area contributed by atoms with E-state index in [1.165, 1.54) is 5.56 Å². The van der Waals surface area contributed by atoms with E-state index in [9.17, 15) is 0 Å². The minimum Gasteiger partial charge on any atom is -0.316 e. The number of rotatable bonds is 1. The summed E-state index contributed by atoms with van der Waals surface area (Å²) >= 11 is 6.53. The lowest BCUT2D eigenvalue weighted by molar-refractivity contribution is -0.927. The molecule has 1 aromatic rings. The molecular formula is C16H21ClN+. The summed E-state index contributed by atoms with van der Waals surface area (Å²) in [5, 5.41) is 0.913. The summed E-state index contributed by atoms with van der Waals surface area (Å²) in [7, 11) is 4.41. The molecule has 0 aliphatic carbocycles. The molecule has 0 atom stereocenters. The lowest BCUT2D eigenvalue weighted by atomic mass is 9.80. The Bertz CT molecular complexity index is 509. The van der Waals surface area contributed by atoms with Crippen LogP contribution >= 0.6 is 11.6 Å². The highest BCUT2D eigenvalue weighted by Crippen LogP contribution is 2.44. The maximum Gasteiger partial charge on any atom is 0.119 e. The normalized spacial score (nSPS) is 22.2. The molecule has 0 unspecified atom stereocenters. The molecule has 0 saturated carbocycles. The molecule has 1 aliphatic heterocycles. The van der Waals surface area contributed by atoms with E-state index >= 15 is 0 Å². The van der Waals surface area contributed by atoms with Gasteiger partial charge in [-0.15, -0.1) is 0 Å². The van der Waals surface area contributed by atoms with Crippen molar-refractivity contribution < 1.29 is 4.48 Å². The van der Waals surface area contributed by atoms with Gasteiger partial charge in [0.25, 0.3) is 0 Å². The Balaban J connectivity index is 2.58. The van der Waals surface area contributed by atoms with Crippen LogP contribution in [0.4, 0.5) is 0 Å². The standard InChI is InChI=1S/C16H21ClN/c1-12-15(13-9-7-6-8-10-13)14(17)11-18(4,5)16(12,2)3/h6-10H,1,11H2,2-5H3/q+1. The van der Waals surface area contributed by atoms with Crippen LogP contribution in [-0.2, 0) is 0 Å². The van der Waals surface area contributed by atoms with Crippen LogP contribution in [0.3, 0.4) is 0 Å². The molecular weight excluding hydrogens is 242 g/mol. The second-order valence-corrected chi connectivity index (χ2v) is 6.48. The number of nitrogens with zero attached hydrogens (tertiary/aromatic N) is 1. The van der Waals surface area contributed by atoms with Crippen molar-refractivity contribution >= 4 is 17.2 Å². The molecule has 96 valence electrons. The zero-order chi connectivity index (χ0) is 13.6. The lowest BCUT2D eigenvalue weighted by Gasteiger charge is -2.49. The van der Waals surface area contributed by atoms with Crippen LogP contribution in [0.2, 0.25) is 0 Å². The SMILES string of the molecule is C=C1C(c2ccccc2)=C(Cl)C[N+](C)(C)C1(C)C. The van der Waals surface area contributed by atoms with Gasteiger partial charge in [-0.05, 0) is 19.4 Å². The van der Waals surface area contributed by atoms with Crippen molar-refractivity contribution in [2.45, 2.75) is 19.4 Å². The largest absolute Gasteiger partial charge is 0.316 e. The van der Waals surface area contributed by atoms with E-state index in [0.717, 1.165) is 27.2 Å². The summed E-state index contributed by atoms with van der Waals surface area (Å²) in [5.41, 5.74) is 3.40. The number of hydrogen-bond donors (Lipinski definition) is 0. The molecule has 1 heterocycles. The van der Waals surface area contributed by atoms with Gasteiger partial charge in [0, 0.05) is 11.1 Å². The number of quaternary nitrogens is 1. The first-order valence-electron chi connectivity index (χ1n) is 6.24. The summed E-state index contributed by atoms with van der Waals surface area (Å²) in [6.07, 6.45) is 0. The van der Waals surface area contributed by atoms with Gasteiger partial charge in [-0.3, -0.25) is 0 Å². The molecule has 0 bridgehead atoms. The molecule has 1 aliphatic rings. The second kappa shape index (κ2) is 4.25. The monoisotopic (exact) mass is 262 g/mol. The fourth-order valence-corrected chi connectivity index (χ4v) is 2.92. The molecule has 1 nitrogen and oxygen atoms in total. The molecule has 0 saturated heterocycles. The van der Waals surface area contributed by atoms with E-state index in [4.69, 9.17) is 11.6 Å². The molecule has 0 fully saturated rings. The fraction of sp³-hybridized carbons (Fsp3) is 0.375. The Morgan fingerprint density at radius 2 is 1.72 bits per heavy atom. The molecule has 0 aromatic heterocycles. The number of benzene rings is 1. The van der Waals surface area contributed by atoms with Crippen LogP contribution in [0, 0.1) is 0 Å². The Labute approximate surface area is 115 Å². The van der Waals surface area contributed by atoms with Gasteiger partial charge in [-0.2, -0.15) is 0 Å². The van der Waals surface area contributed by atoms with Crippen LogP contribution in [-0.4, -0.2) is 30.7 Å².